The Morgan fingerprint density at radius 3 is 2.43 bits per heavy atom. The highest BCUT2D eigenvalue weighted by Crippen LogP contribution is 2.17. The molecule has 116 valence electrons. The predicted molar refractivity (Wildman–Crippen MR) is 89.9 cm³/mol. The molecule has 0 aliphatic rings. The molecule has 3 rings (SSSR count). The van der Waals surface area contributed by atoms with Crippen LogP contribution in [0.1, 0.15) is 15.4 Å². The number of aromatic nitrogens is 2. The number of ether oxygens (including phenoxy) is 1. The van der Waals surface area contributed by atoms with E-state index < -0.39 is 0 Å². The minimum absolute atomic E-state index is 0.186. The van der Waals surface area contributed by atoms with Crippen molar-refractivity contribution >= 4 is 22.4 Å². The second kappa shape index (κ2) is 7.51. The van der Waals surface area contributed by atoms with Crippen LogP contribution in [0.25, 0.3) is 0 Å². The summed E-state index contributed by atoms with van der Waals surface area (Å²) in [6.45, 7) is 0.519. The third-order valence-electron chi connectivity index (χ3n) is 3.05. The molecule has 0 atom stereocenters. The van der Waals surface area contributed by atoms with Crippen molar-refractivity contribution in [1.82, 2.24) is 10.2 Å². The lowest BCUT2D eigenvalue weighted by Crippen LogP contribution is -2.11. The van der Waals surface area contributed by atoms with Crippen molar-refractivity contribution in [2.75, 3.05) is 11.9 Å². The van der Waals surface area contributed by atoms with E-state index in [9.17, 15) is 4.79 Å². The van der Waals surface area contributed by atoms with Gasteiger partial charge >= 0.3 is 0 Å². The Labute approximate surface area is 138 Å². The summed E-state index contributed by atoms with van der Waals surface area (Å²) in [7, 11) is 0. The highest BCUT2D eigenvalue weighted by Gasteiger charge is 2.09. The molecule has 0 radical (unpaired) electrons. The zero-order valence-electron chi connectivity index (χ0n) is 12.3. The topological polar surface area (TPSA) is 64.1 Å². The van der Waals surface area contributed by atoms with Crippen molar-refractivity contribution in [3.8, 4) is 5.75 Å². The Balaban J connectivity index is 1.51. The molecule has 0 unspecified atom stereocenters. The molecule has 0 spiro atoms. The Hall–Kier alpha value is -2.73. The third-order valence-corrected chi connectivity index (χ3v) is 3.95. The molecule has 5 nitrogen and oxygen atoms in total. The number of anilines is 1. The summed E-state index contributed by atoms with van der Waals surface area (Å²) in [5.41, 5.74) is 0.594. The van der Waals surface area contributed by atoms with Gasteiger partial charge in [-0.2, -0.15) is 0 Å². The molecular weight excluding hydrogens is 310 g/mol. The van der Waals surface area contributed by atoms with Crippen molar-refractivity contribution < 1.29 is 9.53 Å². The standard InChI is InChI=1S/C17H15N3O2S/c21-16(13-7-3-1-4-8-13)18-17-20-19-15(23-17)11-12-22-14-9-5-2-6-10-14/h1-10H,11-12H2,(H,18,20,21). The lowest BCUT2D eigenvalue weighted by Gasteiger charge is -2.03. The molecule has 1 N–H and O–H groups in total. The maximum Gasteiger partial charge on any atom is 0.257 e. The zero-order valence-corrected chi connectivity index (χ0v) is 13.1. The summed E-state index contributed by atoms with van der Waals surface area (Å²) in [6.07, 6.45) is 0.647. The molecule has 1 aromatic heterocycles. The molecule has 23 heavy (non-hydrogen) atoms. The van der Waals surface area contributed by atoms with Gasteiger partial charge in [-0.15, -0.1) is 10.2 Å². The Bertz CT molecular complexity index is 760. The number of para-hydroxylation sites is 1. The number of rotatable bonds is 6. The van der Waals surface area contributed by atoms with Gasteiger partial charge in [0.15, 0.2) is 0 Å². The van der Waals surface area contributed by atoms with Gasteiger partial charge in [-0.1, -0.05) is 47.7 Å². The van der Waals surface area contributed by atoms with Crippen LogP contribution < -0.4 is 10.1 Å². The molecule has 0 aliphatic heterocycles. The van der Waals surface area contributed by atoms with Gasteiger partial charge < -0.3 is 4.74 Å². The molecule has 0 aliphatic carbocycles. The average Bonchev–Trinajstić information content (AvgIpc) is 3.04. The quantitative estimate of drug-likeness (QED) is 0.754. The van der Waals surface area contributed by atoms with E-state index >= 15 is 0 Å². The van der Waals surface area contributed by atoms with Gasteiger partial charge in [0.05, 0.1) is 6.61 Å². The van der Waals surface area contributed by atoms with Crippen LogP contribution in [-0.4, -0.2) is 22.7 Å². The normalized spacial score (nSPS) is 10.3. The summed E-state index contributed by atoms with van der Waals surface area (Å²) in [5, 5.41) is 12.1. The zero-order chi connectivity index (χ0) is 15.9. The molecule has 3 aromatic rings. The minimum Gasteiger partial charge on any atom is -0.493 e. The third kappa shape index (κ3) is 4.37. The maximum atomic E-state index is 12.0. The molecular formula is C17H15N3O2S. The Kier molecular flexibility index (Phi) is 4.95. The largest absolute Gasteiger partial charge is 0.493 e. The van der Waals surface area contributed by atoms with Gasteiger partial charge in [-0.05, 0) is 24.3 Å². The predicted octanol–water partition coefficient (Wildman–Crippen LogP) is 3.41. The lowest BCUT2D eigenvalue weighted by molar-refractivity contribution is 0.102. The first-order valence-electron chi connectivity index (χ1n) is 7.18. The smallest absolute Gasteiger partial charge is 0.257 e. The summed E-state index contributed by atoms with van der Waals surface area (Å²) >= 11 is 1.36. The second-order valence-electron chi connectivity index (χ2n) is 4.73. The van der Waals surface area contributed by atoms with Crippen LogP contribution in [-0.2, 0) is 6.42 Å². The van der Waals surface area contributed by atoms with Gasteiger partial charge in [0.2, 0.25) is 5.13 Å². The van der Waals surface area contributed by atoms with E-state index in [1.54, 1.807) is 12.1 Å². The number of amides is 1. The van der Waals surface area contributed by atoms with Crippen molar-refractivity contribution in [2.24, 2.45) is 0 Å². The van der Waals surface area contributed by atoms with Crippen molar-refractivity contribution in [3.05, 3.63) is 71.2 Å². The Morgan fingerprint density at radius 1 is 1.00 bits per heavy atom. The average molecular weight is 325 g/mol. The SMILES string of the molecule is O=C(Nc1nnc(CCOc2ccccc2)s1)c1ccccc1. The van der Waals surface area contributed by atoms with E-state index in [0.717, 1.165) is 10.8 Å². The molecule has 0 saturated carbocycles. The van der Waals surface area contributed by atoms with Crippen molar-refractivity contribution in [2.45, 2.75) is 6.42 Å². The van der Waals surface area contributed by atoms with Crippen LogP contribution in [0.5, 0.6) is 5.75 Å². The molecule has 2 aromatic carbocycles. The number of hydrogen-bond acceptors (Lipinski definition) is 5. The van der Waals surface area contributed by atoms with Crippen LogP contribution in [0.15, 0.2) is 60.7 Å². The number of nitrogens with one attached hydrogen (secondary N) is 1. The summed E-state index contributed by atoms with van der Waals surface area (Å²) in [5.74, 6) is 0.642. The van der Waals surface area contributed by atoms with E-state index in [2.05, 4.69) is 15.5 Å². The van der Waals surface area contributed by atoms with Crippen LogP contribution in [0.4, 0.5) is 5.13 Å². The highest BCUT2D eigenvalue weighted by atomic mass is 32.1. The van der Waals surface area contributed by atoms with Gasteiger partial charge in [0.1, 0.15) is 10.8 Å². The monoisotopic (exact) mass is 325 g/mol. The van der Waals surface area contributed by atoms with E-state index in [1.165, 1.54) is 11.3 Å². The number of benzene rings is 2. The van der Waals surface area contributed by atoms with E-state index in [0.29, 0.717) is 23.7 Å². The Morgan fingerprint density at radius 2 is 1.70 bits per heavy atom. The van der Waals surface area contributed by atoms with Crippen LogP contribution in [0.3, 0.4) is 0 Å². The van der Waals surface area contributed by atoms with Crippen LogP contribution in [0, 0.1) is 0 Å². The summed E-state index contributed by atoms with van der Waals surface area (Å²) < 4.78 is 5.62. The fourth-order valence-corrected chi connectivity index (χ4v) is 2.65. The fraction of sp³-hybridized carbons (Fsp3) is 0.118. The fourth-order valence-electron chi connectivity index (χ4n) is 1.94. The maximum absolute atomic E-state index is 12.0. The summed E-state index contributed by atoms with van der Waals surface area (Å²) in [6, 6.07) is 18.6. The highest BCUT2D eigenvalue weighted by molar-refractivity contribution is 7.15. The molecule has 0 bridgehead atoms. The number of carbonyl (C=O) groups is 1. The van der Waals surface area contributed by atoms with E-state index in [4.69, 9.17) is 4.74 Å². The molecule has 0 saturated heterocycles. The molecule has 1 amide bonds. The van der Waals surface area contributed by atoms with Crippen molar-refractivity contribution in [3.63, 3.8) is 0 Å². The van der Waals surface area contributed by atoms with E-state index in [-0.39, 0.29) is 5.91 Å². The van der Waals surface area contributed by atoms with Crippen LogP contribution >= 0.6 is 11.3 Å². The minimum atomic E-state index is -0.186. The van der Waals surface area contributed by atoms with Crippen LogP contribution in [0.2, 0.25) is 0 Å². The van der Waals surface area contributed by atoms with Gasteiger partial charge in [-0.3, -0.25) is 10.1 Å². The van der Waals surface area contributed by atoms with Gasteiger partial charge in [0.25, 0.3) is 5.91 Å². The molecule has 0 fully saturated rings. The molecule has 1 heterocycles. The second-order valence-corrected chi connectivity index (χ2v) is 5.79. The first-order chi connectivity index (χ1) is 11.3. The molecule has 6 heteroatoms. The summed E-state index contributed by atoms with van der Waals surface area (Å²) in [4.78, 5) is 12.0. The number of hydrogen-bond donors (Lipinski definition) is 1. The first-order valence-corrected chi connectivity index (χ1v) is 7.99. The van der Waals surface area contributed by atoms with E-state index in [1.807, 2.05) is 48.5 Å². The lowest BCUT2D eigenvalue weighted by atomic mass is 10.2. The first kappa shape index (κ1) is 15.2. The number of nitrogens with zero attached hydrogens (tertiary/aromatic N) is 2. The van der Waals surface area contributed by atoms with Crippen molar-refractivity contribution in [1.29, 1.82) is 0 Å². The van der Waals surface area contributed by atoms with Gasteiger partial charge in [0, 0.05) is 12.0 Å². The number of carbonyl (C=O) groups excluding carboxylic acids is 1. The van der Waals surface area contributed by atoms with Gasteiger partial charge in [-0.25, -0.2) is 0 Å².